The van der Waals surface area contributed by atoms with Crippen molar-refractivity contribution in [2.45, 2.75) is 18.9 Å². The zero-order chi connectivity index (χ0) is 10.2. The second-order valence-corrected chi connectivity index (χ2v) is 3.75. The zero-order valence-corrected chi connectivity index (χ0v) is 8.21. The van der Waals surface area contributed by atoms with Gasteiger partial charge in [-0.25, -0.2) is 0 Å². The van der Waals surface area contributed by atoms with Crippen molar-refractivity contribution in [1.29, 1.82) is 0 Å². The highest BCUT2D eigenvalue weighted by Gasteiger charge is 2.48. The van der Waals surface area contributed by atoms with Crippen molar-refractivity contribution in [2.24, 2.45) is 0 Å². The SMILES string of the molecule is CCN1CC(=O)N[C@]2(CCOC2)C1=O. The maximum Gasteiger partial charge on any atom is 0.251 e. The maximum absolute atomic E-state index is 12.0. The summed E-state index contributed by atoms with van der Waals surface area (Å²) in [6.45, 7) is 3.49. The van der Waals surface area contributed by atoms with Gasteiger partial charge in [0.25, 0.3) is 5.91 Å². The molecule has 2 aliphatic heterocycles. The molecular weight excluding hydrogens is 184 g/mol. The Balaban J connectivity index is 2.23. The lowest BCUT2D eigenvalue weighted by Crippen LogP contribution is -2.67. The smallest absolute Gasteiger partial charge is 0.251 e. The number of nitrogens with one attached hydrogen (secondary N) is 1. The third kappa shape index (κ3) is 1.28. The van der Waals surface area contributed by atoms with Crippen molar-refractivity contribution < 1.29 is 14.3 Å². The zero-order valence-electron chi connectivity index (χ0n) is 8.21. The fourth-order valence-corrected chi connectivity index (χ4v) is 2.00. The normalized spacial score (nSPS) is 32.5. The number of rotatable bonds is 1. The first-order valence-electron chi connectivity index (χ1n) is 4.86. The van der Waals surface area contributed by atoms with E-state index in [4.69, 9.17) is 4.74 Å². The summed E-state index contributed by atoms with van der Waals surface area (Å²) < 4.78 is 5.19. The molecule has 2 rings (SSSR count). The fourth-order valence-electron chi connectivity index (χ4n) is 2.00. The molecule has 0 aliphatic carbocycles. The monoisotopic (exact) mass is 198 g/mol. The second kappa shape index (κ2) is 3.24. The first kappa shape index (κ1) is 9.45. The molecule has 1 N–H and O–H groups in total. The number of ether oxygens (including phenoxy) is 1. The molecule has 5 nitrogen and oxygen atoms in total. The molecule has 1 spiro atoms. The van der Waals surface area contributed by atoms with Gasteiger partial charge in [-0.1, -0.05) is 0 Å². The van der Waals surface area contributed by atoms with Crippen molar-refractivity contribution >= 4 is 11.8 Å². The Kier molecular flexibility index (Phi) is 2.19. The lowest BCUT2D eigenvalue weighted by molar-refractivity contribution is -0.149. The van der Waals surface area contributed by atoms with Gasteiger partial charge in [0.1, 0.15) is 5.54 Å². The predicted molar refractivity (Wildman–Crippen MR) is 48.6 cm³/mol. The molecule has 0 bridgehead atoms. The third-order valence-corrected chi connectivity index (χ3v) is 2.81. The van der Waals surface area contributed by atoms with Crippen molar-refractivity contribution in [3.8, 4) is 0 Å². The summed E-state index contributed by atoms with van der Waals surface area (Å²) >= 11 is 0. The molecule has 78 valence electrons. The van der Waals surface area contributed by atoms with Gasteiger partial charge in [0.2, 0.25) is 5.91 Å². The molecule has 0 aromatic rings. The Bertz CT molecular complexity index is 271. The largest absolute Gasteiger partial charge is 0.378 e. The third-order valence-electron chi connectivity index (χ3n) is 2.81. The Hall–Kier alpha value is -1.10. The Morgan fingerprint density at radius 3 is 2.93 bits per heavy atom. The van der Waals surface area contributed by atoms with Gasteiger partial charge in [-0.15, -0.1) is 0 Å². The number of carbonyl (C=O) groups is 2. The highest BCUT2D eigenvalue weighted by Crippen LogP contribution is 2.24. The molecule has 1 atom stereocenters. The summed E-state index contributed by atoms with van der Waals surface area (Å²) in [4.78, 5) is 24.9. The highest BCUT2D eigenvalue weighted by atomic mass is 16.5. The molecule has 0 radical (unpaired) electrons. The van der Waals surface area contributed by atoms with Crippen LogP contribution in [0, 0.1) is 0 Å². The second-order valence-electron chi connectivity index (χ2n) is 3.75. The quantitative estimate of drug-likeness (QED) is 0.595. The Labute approximate surface area is 82.4 Å². The van der Waals surface area contributed by atoms with E-state index >= 15 is 0 Å². The summed E-state index contributed by atoms with van der Waals surface area (Å²) in [6.07, 6.45) is 0.591. The van der Waals surface area contributed by atoms with E-state index in [0.717, 1.165) is 0 Å². The molecule has 2 heterocycles. The van der Waals surface area contributed by atoms with Gasteiger partial charge < -0.3 is 15.0 Å². The molecule has 2 fully saturated rings. The van der Waals surface area contributed by atoms with Crippen LogP contribution in [-0.2, 0) is 14.3 Å². The molecule has 5 heteroatoms. The van der Waals surface area contributed by atoms with Crippen LogP contribution in [0.1, 0.15) is 13.3 Å². The van der Waals surface area contributed by atoms with Gasteiger partial charge in [-0.05, 0) is 6.92 Å². The van der Waals surface area contributed by atoms with E-state index in [9.17, 15) is 9.59 Å². The van der Waals surface area contributed by atoms with Gasteiger partial charge in [0.15, 0.2) is 0 Å². The first-order valence-corrected chi connectivity index (χ1v) is 4.86. The summed E-state index contributed by atoms with van der Waals surface area (Å²) in [7, 11) is 0. The van der Waals surface area contributed by atoms with Gasteiger partial charge in [0.05, 0.1) is 13.2 Å². The summed E-state index contributed by atoms with van der Waals surface area (Å²) in [5.74, 6) is -0.0888. The highest BCUT2D eigenvalue weighted by molar-refractivity contribution is 5.98. The van der Waals surface area contributed by atoms with Crippen LogP contribution in [0.15, 0.2) is 0 Å². The van der Waals surface area contributed by atoms with E-state index in [1.165, 1.54) is 0 Å². The lowest BCUT2D eigenvalue weighted by Gasteiger charge is -2.38. The van der Waals surface area contributed by atoms with Crippen LogP contribution >= 0.6 is 0 Å². The van der Waals surface area contributed by atoms with Crippen molar-refractivity contribution in [3.05, 3.63) is 0 Å². The van der Waals surface area contributed by atoms with E-state index in [1.807, 2.05) is 6.92 Å². The minimum Gasteiger partial charge on any atom is -0.378 e. The minimum atomic E-state index is -0.759. The average molecular weight is 198 g/mol. The lowest BCUT2D eigenvalue weighted by atomic mass is 9.94. The van der Waals surface area contributed by atoms with E-state index in [0.29, 0.717) is 26.2 Å². The van der Waals surface area contributed by atoms with Crippen LogP contribution in [-0.4, -0.2) is 48.6 Å². The number of likely N-dealkylation sites (N-methyl/N-ethyl adjacent to an activating group) is 1. The van der Waals surface area contributed by atoms with Crippen molar-refractivity contribution in [3.63, 3.8) is 0 Å². The van der Waals surface area contributed by atoms with Gasteiger partial charge in [0, 0.05) is 19.6 Å². The number of hydrogen-bond donors (Lipinski definition) is 1. The average Bonchev–Trinajstić information content (AvgIpc) is 2.61. The molecule has 0 saturated carbocycles. The fraction of sp³-hybridized carbons (Fsp3) is 0.778. The molecule has 0 unspecified atom stereocenters. The number of piperazine rings is 1. The molecule has 2 amide bonds. The standard InChI is InChI=1S/C9H14N2O3/c1-2-11-5-7(12)10-9(8(11)13)3-4-14-6-9/h2-6H2,1H3,(H,10,12)/t9-/m0/s1. The van der Waals surface area contributed by atoms with Crippen molar-refractivity contribution in [2.75, 3.05) is 26.3 Å². The number of carbonyl (C=O) groups excluding carboxylic acids is 2. The van der Waals surface area contributed by atoms with Crippen LogP contribution in [0.25, 0.3) is 0 Å². The van der Waals surface area contributed by atoms with E-state index in [-0.39, 0.29) is 18.4 Å². The van der Waals surface area contributed by atoms with Crippen LogP contribution in [0.3, 0.4) is 0 Å². The Morgan fingerprint density at radius 2 is 2.36 bits per heavy atom. The number of nitrogens with zero attached hydrogens (tertiary/aromatic N) is 1. The molecule has 2 saturated heterocycles. The molecule has 14 heavy (non-hydrogen) atoms. The van der Waals surface area contributed by atoms with Gasteiger partial charge in [-0.3, -0.25) is 9.59 Å². The first-order chi connectivity index (χ1) is 6.68. The molecule has 0 aromatic heterocycles. The summed E-state index contributed by atoms with van der Waals surface area (Å²) in [5, 5.41) is 2.75. The number of amides is 2. The predicted octanol–water partition coefficient (Wildman–Crippen LogP) is -0.876. The van der Waals surface area contributed by atoms with E-state index in [1.54, 1.807) is 4.90 Å². The molecular formula is C9H14N2O3. The van der Waals surface area contributed by atoms with Crippen LogP contribution in [0.5, 0.6) is 0 Å². The van der Waals surface area contributed by atoms with Gasteiger partial charge in [-0.2, -0.15) is 0 Å². The molecule has 0 aromatic carbocycles. The Morgan fingerprint density at radius 1 is 1.57 bits per heavy atom. The van der Waals surface area contributed by atoms with E-state index in [2.05, 4.69) is 5.32 Å². The van der Waals surface area contributed by atoms with Crippen LogP contribution < -0.4 is 5.32 Å². The maximum atomic E-state index is 12.0. The topological polar surface area (TPSA) is 58.6 Å². The van der Waals surface area contributed by atoms with E-state index < -0.39 is 5.54 Å². The van der Waals surface area contributed by atoms with Crippen molar-refractivity contribution in [1.82, 2.24) is 10.2 Å². The summed E-state index contributed by atoms with van der Waals surface area (Å²) in [5.41, 5.74) is -0.759. The summed E-state index contributed by atoms with van der Waals surface area (Å²) in [6, 6.07) is 0. The molecule has 2 aliphatic rings. The van der Waals surface area contributed by atoms with Crippen LogP contribution in [0.2, 0.25) is 0 Å². The minimum absolute atomic E-state index is 0.00269. The number of hydrogen-bond acceptors (Lipinski definition) is 3. The van der Waals surface area contributed by atoms with Gasteiger partial charge >= 0.3 is 0 Å². The van der Waals surface area contributed by atoms with Crippen LogP contribution in [0.4, 0.5) is 0 Å².